The zero-order chi connectivity index (χ0) is 19.4. The maximum Gasteiger partial charge on any atom is 0.300 e. The SMILES string of the molecule is CC(=O)O.CCN(CC)CCCN(C(C)=O)C(=O)c1ccccc1O. The minimum atomic E-state index is -0.833. The third-order valence-electron chi connectivity index (χ3n) is 3.51. The van der Waals surface area contributed by atoms with Crippen LogP contribution in [0, 0.1) is 0 Å². The number of phenols is 1. The molecule has 0 aromatic heterocycles. The smallest absolute Gasteiger partial charge is 0.300 e. The number of hydrogen-bond acceptors (Lipinski definition) is 5. The van der Waals surface area contributed by atoms with Crippen LogP contribution in [0.3, 0.4) is 0 Å². The lowest BCUT2D eigenvalue weighted by Gasteiger charge is -2.22. The van der Waals surface area contributed by atoms with Gasteiger partial charge in [-0.05, 0) is 38.2 Å². The maximum atomic E-state index is 12.4. The van der Waals surface area contributed by atoms with Crippen LogP contribution in [0.5, 0.6) is 5.75 Å². The molecule has 0 unspecified atom stereocenters. The lowest BCUT2D eigenvalue weighted by molar-refractivity contribution is -0.134. The van der Waals surface area contributed by atoms with Crippen LogP contribution in [-0.2, 0) is 9.59 Å². The van der Waals surface area contributed by atoms with Gasteiger partial charge in [0.2, 0.25) is 5.91 Å². The highest BCUT2D eigenvalue weighted by molar-refractivity contribution is 6.05. The number of rotatable bonds is 7. The van der Waals surface area contributed by atoms with Crippen molar-refractivity contribution in [2.45, 2.75) is 34.1 Å². The third-order valence-corrected chi connectivity index (χ3v) is 3.51. The largest absolute Gasteiger partial charge is 0.507 e. The molecule has 0 aliphatic heterocycles. The van der Waals surface area contributed by atoms with Crippen molar-refractivity contribution >= 4 is 17.8 Å². The lowest BCUT2D eigenvalue weighted by atomic mass is 10.1. The second-order valence-corrected chi connectivity index (χ2v) is 5.39. The van der Waals surface area contributed by atoms with Gasteiger partial charge in [-0.2, -0.15) is 0 Å². The fourth-order valence-corrected chi connectivity index (χ4v) is 2.19. The number of carboxylic acid groups (broad SMARTS) is 1. The molecule has 1 aromatic rings. The van der Waals surface area contributed by atoms with E-state index in [-0.39, 0.29) is 17.2 Å². The normalized spacial score (nSPS) is 9.96. The van der Waals surface area contributed by atoms with Crippen LogP contribution >= 0.6 is 0 Å². The summed E-state index contributed by atoms with van der Waals surface area (Å²) < 4.78 is 0. The summed E-state index contributed by atoms with van der Waals surface area (Å²) in [6.07, 6.45) is 0.723. The number of aromatic hydroxyl groups is 1. The average Bonchev–Trinajstić information content (AvgIpc) is 2.54. The zero-order valence-corrected chi connectivity index (χ0v) is 15.4. The first-order valence-electron chi connectivity index (χ1n) is 8.26. The van der Waals surface area contributed by atoms with Crippen LogP contribution in [0.2, 0.25) is 0 Å². The van der Waals surface area contributed by atoms with Gasteiger partial charge < -0.3 is 15.1 Å². The monoisotopic (exact) mass is 352 g/mol. The number of carboxylic acids is 1. The number of carbonyl (C=O) groups excluding carboxylic acids is 2. The summed E-state index contributed by atoms with van der Waals surface area (Å²) in [6.45, 7) is 9.71. The molecular weight excluding hydrogens is 324 g/mol. The van der Waals surface area contributed by atoms with E-state index >= 15 is 0 Å². The number of carbonyl (C=O) groups is 3. The highest BCUT2D eigenvalue weighted by atomic mass is 16.4. The first kappa shape index (κ1) is 22.6. The fourth-order valence-electron chi connectivity index (χ4n) is 2.19. The molecule has 0 saturated heterocycles. The summed E-state index contributed by atoms with van der Waals surface area (Å²) >= 11 is 0. The maximum absolute atomic E-state index is 12.4. The van der Waals surface area contributed by atoms with Crippen LogP contribution in [0.4, 0.5) is 0 Å². The summed E-state index contributed by atoms with van der Waals surface area (Å²) in [4.78, 5) is 36.5. The highest BCUT2D eigenvalue weighted by Crippen LogP contribution is 2.18. The van der Waals surface area contributed by atoms with Crippen molar-refractivity contribution in [1.82, 2.24) is 9.80 Å². The minimum absolute atomic E-state index is 0.0995. The van der Waals surface area contributed by atoms with E-state index in [1.807, 2.05) is 0 Å². The van der Waals surface area contributed by atoms with Crippen molar-refractivity contribution < 1.29 is 24.6 Å². The van der Waals surface area contributed by atoms with Crippen molar-refractivity contribution in [2.75, 3.05) is 26.2 Å². The van der Waals surface area contributed by atoms with Gasteiger partial charge >= 0.3 is 0 Å². The molecule has 2 amide bonds. The Morgan fingerprint density at radius 1 is 1.00 bits per heavy atom. The summed E-state index contributed by atoms with van der Waals surface area (Å²) in [5.41, 5.74) is 0.163. The van der Waals surface area contributed by atoms with Gasteiger partial charge in [0.15, 0.2) is 0 Å². The van der Waals surface area contributed by atoms with Crippen LogP contribution in [0.1, 0.15) is 44.5 Å². The van der Waals surface area contributed by atoms with E-state index in [0.717, 1.165) is 33.0 Å². The van der Waals surface area contributed by atoms with Crippen LogP contribution in [0.15, 0.2) is 24.3 Å². The fraction of sp³-hybridized carbons (Fsp3) is 0.500. The topological polar surface area (TPSA) is 98.2 Å². The predicted octanol–water partition coefficient (Wildman–Crippen LogP) is 2.20. The van der Waals surface area contributed by atoms with Crippen molar-refractivity contribution in [3.05, 3.63) is 29.8 Å². The Labute approximate surface area is 148 Å². The van der Waals surface area contributed by atoms with Gasteiger partial charge in [-0.15, -0.1) is 0 Å². The molecule has 0 heterocycles. The molecule has 0 aliphatic rings. The van der Waals surface area contributed by atoms with E-state index < -0.39 is 11.9 Å². The highest BCUT2D eigenvalue weighted by Gasteiger charge is 2.21. The molecular formula is C18H28N2O5. The second kappa shape index (κ2) is 12.0. The number of benzene rings is 1. The number of amides is 2. The first-order valence-corrected chi connectivity index (χ1v) is 8.26. The molecule has 0 spiro atoms. The number of nitrogens with zero attached hydrogens (tertiary/aromatic N) is 2. The standard InChI is InChI=1S/C16H24N2O3.C2H4O2/c1-4-17(5-2)11-8-12-18(13(3)19)16(21)14-9-6-7-10-15(14)20;1-2(3)4/h6-7,9-10,20H,4-5,8,11-12H2,1-3H3;1H3,(H,3,4). The number of aliphatic carboxylic acids is 1. The Morgan fingerprint density at radius 3 is 1.96 bits per heavy atom. The second-order valence-electron chi connectivity index (χ2n) is 5.39. The van der Waals surface area contributed by atoms with Crippen molar-refractivity contribution in [2.24, 2.45) is 0 Å². The van der Waals surface area contributed by atoms with Crippen molar-refractivity contribution in [3.8, 4) is 5.75 Å². The molecule has 1 aromatic carbocycles. The van der Waals surface area contributed by atoms with Crippen molar-refractivity contribution in [3.63, 3.8) is 0 Å². The Morgan fingerprint density at radius 2 is 1.52 bits per heavy atom. The molecule has 0 bridgehead atoms. The molecule has 1 rings (SSSR count). The predicted molar refractivity (Wildman–Crippen MR) is 95.5 cm³/mol. The van der Waals surface area contributed by atoms with E-state index in [1.54, 1.807) is 12.1 Å². The van der Waals surface area contributed by atoms with Gasteiger partial charge in [0.1, 0.15) is 5.75 Å². The summed E-state index contributed by atoms with van der Waals surface area (Å²) in [6, 6.07) is 6.28. The molecule has 25 heavy (non-hydrogen) atoms. The van der Waals surface area contributed by atoms with E-state index in [1.165, 1.54) is 24.0 Å². The van der Waals surface area contributed by atoms with E-state index in [4.69, 9.17) is 9.90 Å². The Kier molecular flexibility index (Phi) is 10.9. The van der Waals surface area contributed by atoms with E-state index in [9.17, 15) is 14.7 Å². The Balaban J connectivity index is 0.00000129. The van der Waals surface area contributed by atoms with Gasteiger partial charge in [-0.25, -0.2) is 0 Å². The average molecular weight is 352 g/mol. The molecule has 7 nitrogen and oxygen atoms in total. The summed E-state index contributed by atoms with van der Waals surface area (Å²) in [5.74, 6) is -1.68. The molecule has 2 N–H and O–H groups in total. The van der Waals surface area contributed by atoms with E-state index in [2.05, 4.69) is 18.7 Å². The van der Waals surface area contributed by atoms with Crippen molar-refractivity contribution in [1.29, 1.82) is 0 Å². The van der Waals surface area contributed by atoms with Gasteiger partial charge in [0, 0.05) is 20.4 Å². The molecule has 7 heteroatoms. The van der Waals surface area contributed by atoms with Crippen LogP contribution in [-0.4, -0.2) is 64.0 Å². The van der Waals surface area contributed by atoms with Gasteiger partial charge in [-0.3, -0.25) is 19.3 Å². The van der Waals surface area contributed by atoms with E-state index in [0.29, 0.717) is 6.54 Å². The zero-order valence-electron chi connectivity index (χ0n) is 15.4. The molecule has 0 fully saturated rings. The summed E-state index contributed by atoms with van der Waals surface area (Å²) in [7, 11) is 0. The first-order chi connectivity index (χ1) is 11.7. The molecule has 0 saturated carbocycles. The van der Waals surface area contributed by atoms with Gasteiger partial charge in [0.05, 0.1) is 5.56 Å². The number of phenolic OH excluding ortho intramolecular Hbond substituents is 1. The van der Waals surface area contributed by atoms with Crippen LogP contribution < -0.4 is 0 Å². The number of hydrogen-bond donors (Lipinski definition) is 2. The minimum Gasteiger partial charge on any atom is -0.507 e. The molecule has 0 aliphatic carbocycles. The molecule has 140 valence electrons. The van der Waals surface area contributed by atoms with Gasteiger partial charge in [-0.1, -0.05) is 26.0 Å². The molecule has 0 atom stereocenters. The Bertz CT molecular complexity index is 566. The lowest BCUT2D eigenvalue weighted by Crippen LogP contribution is -2.37. The van der Waals surface area contributed by atoms with Gasteiger partial charge in [0.25, 0.3) is 11.9 Å². The third kappa shape index (κ3) is 8.85. The Hall–Kier alpha value is -2.41. The number of para-hydroxylation sites is 1. The quantitative estimate of drug-likeness (QED) is 0.781. The number of imide groups is 1. The summed E-state index contributed by atoms with van der Waals surface area (Å²) in [5, 5.41) is 17.2. The molecule has 0 radical (unpaired) electrons. The van der Waals surface area contributed by atoms with Crippen LogP contribution in [0.25, 0.3) is 0 Å².